The van der Waals surface area contributed by atoms with Gasteiger partial charge in [0.1, 0.15) is 5.75 Å². The van der Waals surface area contributed by atoms with Crippen molar-refractivity contribution in [1.82, 2.24) is 25.3 Å². The summed E-state index contributed by atoms with van der Waals surface area (Å²) in [4.78, 5) is 16.7. The first-order chi connectivity index (χ1) is 16.0. The molecule has 4 N–H and O–H groups in total. The van der Waals surface area contributed by atoms with Gasteiger partial charge < -0.3 is 20.6 Å². The Morgan fingerprint density at radius 3 is 2.58 bits per heavy atom. The zero-order valence-corrected chi connectivity index (χ0v) is 18.7. The van der Waals surface area contributed by atoms with Crippen molar-refractivity contribution in [2.45, 2.75) is 50.2 Å². The second-order valence-corrected chi connectivity index (χ2v) is 8.96. The van der Waals surface area contributed by atoms with Gasteiger partial charge in [0.15, 0.2) is 5.82 Å². The zero-order chi connectivity index (χ0) is 22.9. The van der Waals surface area contributed by atoms with Crippen LogP contribution in [0, 0.1) is 0 Å². The number of nitrogens with zero attached hydrogens (tertiary/aromatic N) is 5. The van der Waals surface area contributed by atoms with Gasteiger partial charge >= 0.3 is 0 Å². The molecule has 0 spiro atoms. The minimum Gasteiger partial charge on any atom is -0.507 e. The number of phenolic OH excluding ortho intramolecular Hbond substituents is 1. The summed E-state index contributed by atoms with van der Waals surface area (Å²) in [6.45, 7) is 0.404. The summed E-state index contributed by atoms with van der Waals surface area (Å²) in [5.41, 5.74) is 8.63. The fourth-order valence-corrected chi connectivity index (χ4v) is 5.30. The Labute approximate surface area is 192 Å². The average molecular weight is 448 g/mol. The molecule has 5 rings (SSSR count). The molecule has 4 heterocycles. The van der Waals surface area contributed by atoms with E-state index in [1.54, 1.807) is 18.5 Å². The van der Waals surface area contributed by atoms with Gasteiger partial charge in [-0.1, -0.05) is 6.07 Å². The fourth-order valence-electron chi connectivity index (χ4n) is 5.30. The highest BCUT2D eigenvalue weighted by atomic mass is 16.3. The fraction of sp³-hybridized carbons (Fsp3) is 0.417. The van der Waals surface area contributed by atoms with E-state index >= 15 is 0 Å². The van der Waals surface area contributed by atoms with E-state index < -0.39 is 0 Å². The van der Waals surface area contributed by atoms with Crippen LogP contribution in [0.4, 0.5) is 5.82 Å². The molecule has 0 radical (unpaired) electrons. The van der Waals surface area contributed by atoms with Gasteiger partial charge in [-0.25, -0.2) is 0 Å². The van der Waals surface area contributed by atoms with E-state index in [0.29, 0.717) is 30.3 Å². The maximum Gasteiger partial charge on any atom is 0.224 e. The Balaban J connectivity index is 1.29. The quantitative estimate of drug-likeness (QED) is 0.530. The Hall–Kier alpha value is -3.46. The molecule has 3 atom stereocenters. The number of anilines is 1. The summed E-state index contributed by atoms with van der Waals surface area (Å²) in [5, 5.41) is 26.1. The van der Waals surface area contributed by atoms with Crippen molar-refractivity contribution in [1.29, 1.82) is 0 Å². The van der Waals surface area contributed by atoms with E-state index in [1.807, 2.05) is 31.3 Å². The molecule has 33 heavy (non-hydrogen) atoms. The highest BCUT2D eigenvalue weighted by Crippen LogP contribution is 2.39. The molecule has 1 aromatic carbocycles. The van der Waals surface area contributed by atoms with E-state index in [-0.39, 0.29) is 23.7 Å². The molecule has 0 aliphatic carbocycles. The summed E-state index contributed by atoms with van der Waals surface area (Å²) in [5.74, 6) is 1.13. The van der Waals surface area contributed by atoms with Crippen LogP contribution in [-0.4, -0.2) is 68.0 Å². The molecule has 0 unspecified atom stereocenters. The largest absolute Gasteiger partial charge is 0.507 e. The number of nitrogens with two attached hydrogens (primary N) is 1. The normalized spacial score (nSPS) is 21.9. The summed E-state index contributed by atoms with van der Waals surface area (Å²) < 4.78 is 0. The van der Waals surface area contributed by atoms with Gasteiger partial charge in [0.2, 0.25) is 5.91 Å². The second kappa shape index (κ2) is 8.82. The van der Waals surface area contributed by atoms with Crippen molar-refractivity contribution in [2.24, 2.45) is 5.73 Å². The lowest BCUT2D eigenvalue weighted by molar-refractivity contribution is -0.135. The number of rotatable bonds is 6. The van der Waals surface area contributed by atoms with Gasteiger partial charge in [-0.3, -0.25) is 9.89 Å². The van der Waals surface area contributed by atoms with E-state index in [1.165, 1.54) is 0 Å². The first-order valence-electron chi connectivity index (χ1n) is 11.5. The molecule has 9 nitrogen and oxygen atoms in total. The molecule has 1 amide bonds. The molecule has 172 valence electrons. The van der Waals surface area contributed by atoms with Crippen LogP contribution in [0.1, 0.15) is 32.1 Å². The molecule has 2 bridgehead atoms. The van der Waals surface area contributed by atoms with Crippen LogP contribution in [0.2, 0.25) is 0 Å². The summed E-state index contributed by atoms with van der Waals surface area (Å²) >= 11 is 0. The van der Waals surface area contributed by atoms with Crippen LogP contribution in [0.25, 0.3) is 22.4 Å². The van der Waals surface area contributed by atoms with E-state index in [2.05, 4.69) is 30.2 Å². The van der Waals surface area contributed by atoms with Gasteiger partial charge in [-0.15, -0.1) is 10.2 Å². The summed E-state index contributed by atoms with van der Waals surface area (Å²) in [6.07, 6.45) is 7.91. The molecule has 9 heteroatoms. The Bertz CT molecular complexity index is 1100. The molecule has 2 fully saturated rings. The van der Waals surface area contributed by atoms with Crippen molar-refractivity contribution in [2.75, 3.05) is 18.5 Å². The monoisotopic (exact) mass is 447 g/mol. The smallest absolute Gasteiger partial charge is 0.224 e. The number of fused-ring (bicyclic) bond motifs is 2. The van der Waals surface area contributed by atoms with Crippen LogP contribution >= 0.6 is 0 Å². The number of hydrogen-bond acceptors (Lipinski definition) is 7. The predicted octanol–water partition coefficient (Wildman–Crippen LogP) is 2.55. The van der Waals surface area contributed by atoms with Gasteiger partial charge in [0.05, 0.1) is 11.9 Å². The van der Waals surface area contributed by atoms with Gasteiger partial charge in [0.25, 0.3) is 0 Å². The van der Waals surface area contributed by atoms with Crippen LogP contribution in [0.3, 0.4) is 0 Å². The highest BCUT2D eigenvalue weighted by molar-refractivity contribution is 5.77. The lowest BCUT2D eigenvalue weighted by Crippen LogP contribution is -2.52. The number of aromatic nitrogens is 4. The Kier molecular flexibility index (Phi) is 5.72. The number of phenols is 1. The van der Waals surface area contributed by atoms with E-state index in [0.717, 1.165) is 42.6 Å². The summed E-state index contributed by atoms with van der Waals surface area (Å²) in [7, 11) is 2.04. The minimum atomic E-state index is 0.148. The van der Waals surface area contributed by atoms with Crippen LogP contribution in [-0.2, 0) is 4.79 Å². The maximum atomic E-state index is 12.5. The Morgan fingerprint density at radius 2 is 1.97 bits per heavy atom. The number of aromatic amines is 1. The van der Waals surface area contributed by atoms with Gasteiger partial charge in [-0.05, 0) is 55.5 Å². The van der Waals surface area contributed by atoms with Crippen LogP contribution in [0.5, 0.6) is 5.75 Å². The number of carbonyl (C=O) groups is 1. The van der Waals surface area contributed by atoms with Crippen molar-refractivity contribution < 1.29 is 9.90 Å². The van der Waals surface area contributed by atoms with Gasteiger partial charge in [0, 0.05) is 55.5 Å². The van der Waals surface area contributed by atoms with Crippen LogP contribution in [0.15, 0.2) is 42.7 Å². The molecular weight excluding hydrogens is 418 g/mol. The molecule has 2 aliphatic heterocycles. The standard InChI is InChI=1S/C24H29N7O2/c1-30(19-11-17-3-4-18(12-19)31(17)24(33)8-9-25)23-7-6-21(28-29-23)20-5-2-15(10-22(20)32)16-13-26-27-14-16/h2,5-7,10,13-14,17-19,32H,3-4,8-9,11-12,25H2,1H3,(H,26,27)/t17-,18+,19+. The average Bonchev–Trinajstić information content (AvgIpc) is 3.45. The topological polar surface area (TPSA) is 124 Å². The molecule has 2 aromatic heterocycles. The molecule has 3 aromatic rings. The first-order valence-corrected chi connectivity index (χ1v) is 11.5. The lowest BCUT2D eigenvalue weighted by Gasteiger charge is -2.42. The number of benzene rings is 1. The third kappa shape index (κ3) is 4.04. The number of H-pyrrole nitrogens is 1. The number of amides is 1. The summed E-state index contributed by atoms with van der Waals surface area (Å²) in [6, 6.07) is 10.2. The SMILES string of the molecule is CN(c1ccc(-c2ccc(-c3cn[nH]c3)cc2O)nn1)[C@H]1C[C@H]2CC[C@@H](C1)N2C(=O)CCN. The molecule has 2 aliphatic rings. The highest BCUT2D eigenvalue weighted by Gasteiger charge is 2.44. The first kappa shape index (κ1) is 21.4. The van der Waals surface area contributed by atoms with Crippen molar-refractivity contribution in [3.8, 4) is 28.1 Å². The van der Waals surface area contributed by atoms with Crippen molar-refractivity contribution in [3.63, 3.8) is 0 Å². The second-order valence-electron chi connectivity index (χ2n) is 8.96. The maximum absolute atomic E-state index is 12.5. The van der Waals surface area contributed by atoms with Gasteiger partial charge in [-0.2, -0.15) is 5.10 Å². The number of nitrogens with one attached hydrogen (secondary N) is 1. The lowest BCUT2D eigenvalue weighted by atomic mass is 9.95. The van der Waals surface area contributed by atoms with E-state index in [4.69, 9.17) is 5.73 Å². The predicted molar refractivity (Wildman–Crippen MR) is 125 cm³/mol. The third-order valence-corrected chi connectivity index (χ3v) is 7.02. The molecule has 0 saturated carbocycles. The van der Waals surface area contributed by atoms with Crippen molar-refractivity contribution >= 4 is 11.7 Å². The number of carbonyl (C=O) groups excluding carboxylic acids is 1. The van der Waals surface area contributed by atoms with Crippen LogP contribution < -0.4 is 10.6 Å². The zero-order valence-electron chi connectivity index (χ0n) is 18.7. The minimum absolute atomic E-state index is 0.148. The third-order valence-electron chi connectivity index (χ3n) is 7.02. The Morgan fingerprint density at radius 1 is 1.18 bits per heavy atom. The van der Waals surface area contributed by atoms with E-state index in [9.17, 15) is 9.90 Å². The molecular formula is C24H29N7O2. The number of piperidine rings is 1. The van der Waals surface area contributed by atoms with Crippen molar-refractivity contribution in [3.05, 3.63) is 42.7 Å². The number of hydrogen-bond donors (Lipinski definition) is 3. The number of aromatic hydroxyl groups is 1. The molecule has 2 saturated heterocycles.